The topological polar surface area (TPSA) is 83.0 Å². The molecular weight excluding hydrogens is 409 g/mol. The van der Waals surface area contributed by atoms with Crippen LogP contribution in [0.2, 0.25) is 0 Å². The van der Waals surface area contributed by atoms with Gasteiger partial charge in [0.05, 0.1) is 5.92 Å². The molecule has 0 bridgehead atoms. The zero-order chi connectivity index (χ0) is 22.2. The third kappa shape index (κ3) is 4.37. The van der Waals surface area contributed by atoms with Crippen molar-refractivity contribution in [2.24, 2.45) is 5.92 Å². The van der Waals surface area contributed by atoms with Crippen molar-refractivity contribution in [3.63, 3.8) is 0 Å². The molecule has 0 aliphatic carbocycles. The van der Waals surface area contributed by atoms with Crippen LogP contribution in [0, 0.1) is 12.8 Å². The van der Waals surface area contributed by atoms with E-state index in [1.54, 1.807) is 31.6 Å². The van der Waals surface area contributed by atoms with Gasteiger partial charge in [0.15, 0.2) is 5.65 Å². The zero-order valence-electron chi connectivity index (χ0n) is 17.0. The van der Waals surface area contributed by atoms with Gasteiger partial charge in [-0.05, 0) is 42.7 Å². The second-order valence-corrected chi connectivity index (χ2v) is 7.51. The number of rotatable bonds is 3. The van der Waals surface area contributed by atoms with Crippen LogP contribution in [0.1, 0.15) is 12.0 Å². The summed E-state index contributed by atoms with van der Waals surface area (Å²) >= 11 is 0. The zero-order valence-corrected chi connectivity index (χ0v) is 17.0. The van der Waals surface area contributed by atoms with Gasteiger partial charge in [-0.25, -0.2) is 14.8 Å². The molecule has 10 heteroatoms. The molecule has 1 aliphatic rings. The highest BCUT2D eigenvalue weighted by atomic mass is 19.4. The summed E-state index contributed by atoms with van der Waals surface area (Å²) in [5, 5.41) is 6.34. The second-order valence-electron chi connectivity index (χ2n) is 7.51. The summed E-state index contributed by atoms with van der Waals surface area (Å²) in [5.74, 6) is -0.996. The number of amides is 2. The van der Waals surface area contributed by atoms with Crippen LogP contribution in [0.3, 0.4) is 0 Å². The molecule has 0 saturated carbocycles. The number of pyridine rings is 1. The van der Waals surface area contributed by atoms with Gasteiger partial charge >= 0.3 is 12.2 Å². The molecule has 7 nitrogen and oxygen atoms in total. The molecule has 0 unspecified atom stereocenters. The number of nitrogens with one attached hydrogen (secondary N) is 2. The number of anilines is 2. The minimum Gasteiger partial charge on any atom is -0.357 e. The maximum atomic E-state index is 12.9. The number of carbonyl (C=O) groups is 1. The Morgan fingerprint density at radius 2 is 2.00 bits per heavy atom. The Balaban J connectivity index is 1.55. The fourth-order valence-corrected chi connectivity index (χ4v) is 3.62. The molecule has 4 rings (SSSR count). The van der Waals surface area contributed by atoms with Gasteiger partial charge in [0.25, 0.3) is 0 Å². The van der Waals surface area contributed by atoms with Crippen molar-refractivity contribution >= 4 is 28.7 Å². The monoisotopic (exact) mass is 430 g/mol. The molecule has 1 fully saturated rings. The van der Waals surface area contributed by atoms with Gasteiger partial charge in [0.2, 0.25) is 5.95 Å². The third-order valence-electron chi connectivity index (χ3n) is 5.39. The SMILES string of the molecule is CNc1ncc2cc(-c3cc(NC(=O)N4CC[C@H](C(F)(F)F)C4)ccc3C)cnc2n1. The first-order valence-electron chi connectivity index (χ1n) is 9.79. The van der Waals surface area contributed by atoms with Gasteiger partial charge in [0.1, 0.15) is 0 Å². The van der Waals surface area contributed by atoms with Crippen molar-refractivity contribution in [1.29, 1.82) is 0 Å². The van der Waals surface area contributed by atoms with Crippen molar-refractivity contribution in [2.45, 2.75) is 19.5 Å². The lowest BCUT2D eigenvalue weighted by atomic mass is 10.0. The van der Waals surface area contributed by atoms with Crippen LogP contribution in [0.25, 0.3) is 22.2 Å². The lowest BCUT2D eigenvalue weighted by Gasteiger charge is -2.19. The van der Waals surface area contributed by atoms with E-state index in [9.17, 15) is 18.0 Å². The number of halogens is 3. The van der Waals surface area contributed by atoms with E-state index in [0.717, 1.165) is 22.1 Å². The molecule has 162 valence electrons. The summed E-state index contributed by atoms with van der Waals surface area (Å²) < 4.78 is 38.7. The smallest absolute Gasteiger partial charge is 0.357 e. The van der Waals surface area contributed by atoms with Crippen molar-refractivity contribution in [3.05, 3.63) is 42.2 Å². The van der Waals surface area contributed by atoms with Gasteiger partial charge in [-0.15, -0.1) is 0 Å². The van der Waals surface area contributed by atoms with Gasteiger partial charge in [-0.1, -0.05) is 6.07 Å². The lowest BCUT2D eigenvalue weighted by molar-refractivity contribution is -0.169. The molecule has 3 aromatic rings. The summed E-state index contributed by atoms with van der Waals surface area (Å²) in [6.45, 7) is 1.69. The first kappa shape index (κ1) is 20.8. The number of likely N-dealkylation sites (tertiary alicyclic amines) is 1. The summed E-state index contributed by atoms with van der Waals surface area (Å²) in [5.41, 5.74) is 3.69. The van der Waals surface area contributed by atoms with Crippen LogP contribution >= 0.6 is 0 Å². The first-order chi connectivity index (χ1) is 14.7. The van der Waals surface area contributed by atoms with E-state index in [2.05, 4.69) is 25.6 Å². The average Bonchev–Trinajstić information content (AvgIpc) is 3.25. The molecule has 2 amide bonds. The minimum atomic E-state index is -4.28. The third-order valence-corrected chi connectivity index (χ3v) is 5.39. The molecule has 2 N–H and O–H groups in total. The minimum absolute atomic E-state index is 0.0733. The Labute approximate surface area is 176 Å². The van der Waals surface area contributed by atoms with Crippen molar-refractivity contribution in [2.75, 3.05) is 30.8 Å². The van der Waals surface area contributed by atoms with E-state index >= 15 is 0 Å². The first-order valence-corrected chi connectivity index (χ1v) is 9.79. The van der Waals surface area contributed by atoms with Gasteiger partial charge < -0.3 is 15.5 Å². The number of hydrogen-bond acceptors (Lipinski definition) is 5. The van der Waals surface area contributed by atoms with Crippen LogP contribution in [-0.4, -0.2) is 52.2 Å². The highest BCUT2D eigenvalue weighted by Crippen LogP contribution is 2.34. The number of aromatic nitrogens is 3. The highest BCUT2D eigenvalue weighted by molar-refractivity contribution is 5.91. The standard InChI is InChI=1S/C21H21F3N6O/c1-12-3-4-16(28-20(31)30-6-5-15(11-30)21(22,23)24)8-17(12)13-7-14-10-27-19(25-2)29-18(14)26-9-13/h3-4,7-10,15H,5-6,11H2,1-2H3,(H,28,31)(H,25,26,27,29)/t15-/m0/s1. The fourth-order valence-electron chi connectivity index (χ4n) is 3.62. The molecule has 3 heterocycles. The number of alkyl halides is 3. The Morgan fingerprint density at radius 1 is 1.19 bits per heavy atom. The summed E-state index contributed by atoms with van der Waals surface area (Å²) in [6.07, 6.45) is -0.990. The van der Waals surface area contributed by atoms with E-state index in [0.29, 0.717) is 17.3 Å². The number of benzene rings is 1. The quantitative estimate of drug-likeness (QED) is 0.641. The van der Waals surface area contributed by atoms with E-state index in [1.807, 2.05) is 19.1 Å². The van der Waals surface area contributed by atoms with Crippen molar-refractivity contribution in [1.82, 2.24) is 19.9 Å². The van der Waals surface area contributed by atoms with Gasteiger partial charge in [-0.3, -0.25) is 0 Å². The molecule has 1 saturated heterocycles. The molecule has 1 aliphatic heterocycles. The Morgan fingerprint density at radius 3 is 2.71 bits per heavy atom. The van der Waals surface area contributed by atoms with E-state index < -0.39 is 18.1 Å². The number of aryl methyl sites for hydroxylation is 1. The Bertz CT molecular complexity index is 1130. The molecular formula is C21H21F3N6O. The van der Waals surface area contributed by atoms with Gasteiger partial charge in [0, 0.05) is 49.2 Å². The predicted octanol–water partition coefficient (Wildman–Crippen LogP) is 4.46. The summed E-state index contributed by atoms with van der Waals surface area (Å²) in [7, 11) is 1.73. The van der Waals surface area contributed by atoms with Gasteiger partial charge in [-0.2, -0.15) is 18.2 Å². The Kier molecular flexibility index (Phi) is 5.38. The fraction of sp³-hybridized carbons (Fsp3) is 0.333. The average molecular weight is 430 g/mol. The highest BCUT2D eigenvalue weighted by Gasteiger charge is 2.44. The lowest BCUT2D eigenvalue weighted by Crippen LogP contribution is -2.35. The number of urea groups is 1. The van der Waals surface area contributed by atoms with Crippen LogP contribution in [0.15, 0.2) is 36.7 Å². The maximum Gasteiger partial charge on any atom is 0.393 e. The number of fused-ring (bicyclic) bond motifs is 1. The van der Waals surface area contributed by atoms with Crippen molar-refractivity contribution in [3.8, 4) is 11.1 Å². The number of carbonyl (C=O) groups excluding carboxylic acids is 1. The molecule has 0 radical (unpaired) electrons. The molecule has 0 spiro atoms. The van der Waals surface area contributed by atoms with Crippen LogP contribution < -0.4 is 10.6 Å². The number of hydrogen-bond donors (Lipinski definition) is 2. The van der Waals surface area contributed by atoms with E-state index in [1.165, 1.54) is 4.90 Å². The Hall–Kier alpha value is -3.43. The van der Waals surface area contributed by atoms with Crippen LogP contribution in [0.5, 0.6) is 0 Å². The largest absolute Gasteiger partial charge is 0.393 e. The number of nitrogens with zero attached hydrogens (tertiary/aromatic N) is 4. The summed E-state index contributed by atoms with van der Waals surface area (Å²) in [4.78, 5) is 26.6. The predicted molar refractivity (Wildman–Crippen MR) is 112 cm³/mol. The van der Waals surface area contributed by atoms with Crippen LogP contribution in [0.4, 0.5) is 29.6 Å². The molecule has 2 aromatic heterocycles. The molecule has 1 atom stereocenters. The molecule has 31 heavy (non-hydrogen) atoms. The van der Waals surface area contributed by atoms with E-state index in [4.69, 9.17) is 0 Å². The second kappa shape index (κ2) is 8.01. The summed E-state index contributed by atoms with van der Waals surface area (Å²) in [6, 6.07) is 6.73. The normalized spacial score (nSPS) is 16.5. The maximum absolute atomic E-state index is 12.9. The van der Waals surface area contributed by atoms with E-state index in [-0.39, 0.29) is 19.5 Å². The van der Waals surface area contributed by atoms with Crippen LogP contribution in [-0.2, 0) is 0 Å². The molecule has 1 aromatic carbocycles. The van der Waals surface area contributed by atoms with Crippen molar-refractivity contribution < 1.29 is 18.0 Å².